The first-order valence-electron chi connectivity index (χ1n) is 4.74. The number of rotatable bonds is 7. The van der Waals surface area contributed by atoms with Crippen molar-refractivity contribution in [1.82, 2.24) is 0 Å². The van der Waals surface area contributed by atoms with Crippen molar-refractivity contribution in [2.75, 3.05) is 13.7 Å². The van der Waals surface area contributed by atoms with Gasteiger partial charge in [0.15, 0.2) is 0 Å². The predicted octanol–water partition coefficient (Wildman–Crippen LogP) is 1.32. The van der Waals surface area contributed by atoms with Gasteiger partial charge < -0.3 is 14.3 Å². The fourth-order valence-corrected chi connectivity index (χ4v) is 0.884. The summed E-state index contributed by atoms with van der Waals surface area (Å²) in [7, 11) is 1.55. The second-order valence-corrected chi connectivity index (χ2v) is 3.28. The average molecular weight is 202 g/mol. The van der Waals surface area contributed by atoms with E-state index in [9.17, 15) is 9.59 Å². The molecule has 4 nitrogen and oxygen atoms in total. The molecule has 0 rings (SSSR count). The molecule has 0 saturated carbocycles. The largest absolute Gasteiger partial charge is 0.466 e. The molecule has 4 heteroatoms. The third-order valence-electron chi connectivity index (χ3n) is 1.79. The molecule has 0 radical (unpaired) electrons. The Bertz CT molecular complexity index is 189. The lowest BCUT2D eigenvalue weighted by atomic mass is 10.2. The van der Waals surface area contributed by atoms with Crippen molar-refractivity contribution in [3.8, 4) is 0 Å². The van der Waals surface area contributed by atoms with E-state index in [0.29, 0.717) is 19.4 Å². The summed E-state index contributed by atoms with van der Waals surface area (Å²) in [4.78, 5) is 21.6. The molecule has 0 spiro atoms. The Morgan fingerprint density at radius 2 is 2.00 bits per heavy atom. The second-order valence-electron chi connectivity index (χ2n) is 3.28. The number of methoxy groups -OCH3 is 1. The smallest absolute Gasteiger partial charge is 0.308 e. The molecular formula is C10H18O4. The highest BCUT2D eigenvalue weighted by Crippen LogP contribution is 1.99. The minimum Gasteiger partial charge on any atom is -0.466 e. The summed E-state index contributed by atoms with van der Waals surface area (Å²) < 4.78 is 9.80. The van der Waals surface area contributed by atoms with E-state index in [0.717, 1.165) is 0 Å². The SMILES string of the molecule is COC(C)CC(=O)OCCCC(C)=O. The number of ketones is 1. The standard InChI is InChI=1S/C10H18O4/c1-8(11)5-4-6-14-10(12)7-9(2)13-3/h9H,4-7H2,1-3H3. The lowest BCUT2D eigenvalue weighted by Gasteiger charge is -2.08. The summed E-state index contributed by atoms with van der Waals surface area (Å²) in [5.74, 6) is -0.158. The Labute approximate surface area is 84.6 Å². The molecule has 0 aromatic rings. The van der Waals surface area contributed by atoms with E-state index in [4.69, 9.17) is 9.47 Å². The summed E-state index contributed by atoms with van der Waals surface area (Å²) in [5.41, 5.74) is 0. The van der Waals surface area contributed by atoms with Gasteiger partial charge in [-0.25, -0.2) is 0 Å². The van der Waals surface area contributed by atoms with Crippen LogP contribution in [0.4, 0.5) is 0 Å². The Hall–Kier alpha value is -0.900. The molecule has 0 aliphatic heterocycles. The molecular weight excluding hydrogens is 184 g/mol. The average Bonchev–Trinajstić information content (AvgIpc) is 2.12. The van der Waals surface area contributed by atoms with Crippen molar-refractivity contribution < 1.29 is 19.1 Å². The summed E-state index contributed by atoms with van der Waals surface area (Å²) in [6.07, 6.45) is 1.21. The summed E-state index contributed by atoms with van der Waals surface area (Å²) >= 11 is 0. The van der Waals surface area contributed by atoms with E-state index < -0.39 is 0 Å². The van der Waals surface area contributed by atoms with Crippen LogP contribution in [0.5, 0.6) is 0 Å². The van der Waals surface area contributed by atoms with Gasteiger partial charge in [-0.1, -0.05) is 0 Å². The number of carbonyl (C=O) groups is 2. The fourth-order valence-electron chi connectivity index (χ4n) is 0.884. The zero-order chi connectivity index (χ0) is 11.0. The minimum absolute atomic E-state index is 0.115. The van der Waals surface area contributed by atoms with Crippen molar-refractivity contribution in [1.29, 1.82) is 0 Å². The minimum atomic E-state index is -0.275. The molecule has 0 heterocycles. The van der Waals surface area contributed by atoms with Crippen LogP contribution < -0.4 is 0 Å². The van der Waals surface area contributed by atoms with Crippen molar-refractivity contribution >= 4 is 11.8 Å². The summed E-state index contributed by atoms with van der Waals surface area (Å²) in [6.45, 7) is 3.64. The number of esters is 1. The van der Waals surface area contributed by atoms with Crippen molar-refractivity contribution in [3.63, 3.8) is 0 Å². The normalized spacial score (nSPS) is 12.2. The highest BCUT2D eigenvalue weighted by atomic mass is 16.5. The van der Waals surface area contributed by atoms with E-state index >= 15 is 0 Å². The van der Waals surface area contributed by atoms with E-state index in [2.05, 4.69) is 0 Å². The number of hydrogen-bond donors (Lipinski definition) is 0. The molecule has 0 aromatic heterocycles. The van der Waals surface area contributed by atoms with E-state index in [-0.39, 0.29) is 24.3 Å². The molecule has 0 aliphatic carbocycles. The third-order valence-corrected chi connectivity index (χ3v) is 1.79. The Balaban J connectivity index is 3.40. The Kier molecular flexibility index (Phi) is 7.02. The van der Waals surface area contributed by atoms with Crippen LogP contribution in [0.3, 0.4) is 0 Å². The molecule has 0 aliphatic rings. The number of hydrogen-bond acceptors (Lipinski definition) is 4. The van der Waals surface area contributed by atoms with E-state index in [1.807, 2.05) is 0 Å². The molecule has 0 N–H and O–H groups in total. The number of Topliss-reactive ketones (excluding diaryl/α,β-unsaturated/α-hetero) is 1. The first-order chi connectivity index (χ1) is 6.56. The van der Waals surface area contributed by atoms with Crippen LogP contribution in [-0.2, 0) is 19.1 Å². The molecule has 1 atom stereocenters. The number of ether oxygens (including phenoxy) is 2. The molecule has 0 aromatic carbocycles. The summed E-state index contributed by atoms with van der Waals surface area (Å²) in [6, 6.07) is 0. The first kappa shape index (κ1) is 13.1. The Morgan fingerprint density at radius 3 is 2.50 bits per heavy atom. The highest BCUT2D eigenvalue weighted by Gasteiger charge is 2.08. The van der Waals surface area contributed by atoms with Gasteiger partial charge in [-0.2, -0.15) is 0 Å². The van der Waals surface area contributed by atoms with Gasteiger partial charge >= 0.3 is 5.97 Å². The monoisotopic (exact) mass is 202 g/mol. The van der Waals surface area contributed by atoms with Gasteiger partial charge in [-0.3, -0.25) is 4.79 Å². The van der Waals surface area contributed by atoms with Crippen LogP contribution in [0.2, 0.25) is 0 Å². The number of carbonyl (C=O) groups excluding carboxylic acids is 2. The topological polar surface area (TPSA) is 52.6 Å². The Morgan fingerprint density at radius 1 is 1.36 bits per heavy atom. The lowest BCUT2D eigenvalue weighted by Crippen LogP contribution is -2.15. The van der Waals surface area contributed by atoms with Crippen LogP contribution >= 0.6 is 0 Å². The second kappa shape index (κ2) is 7.50. The zero-order valence-corrected chi connectivity index (χ0v) is 9.04. The van der Waals surface area contributed by atoms with Crippen LogP contribution in [-0.4, -0.2) is 31.6 Å². The molecule has 0 bridgehead atoms. The molecule has 0 saturated heterocycles. The predicted molar refractivity (Wildman–Crippen MR) is 52.0 cm³/mol. The molecule has 1 unspecified atom stereocenters. The van der Waals surface area contributed by atoms with Gasteiger partial charge in [0, 0.05) is 13.5 Å². The van der Waals surface area contributed by atoms with Crippen LogP contribution in [0.1, 0.15) is 33.1 Å². The quantitative estimate of drug-likeness (QED) is 0.461. The zero-order valence-electron chi connectivity index (χ0n) is 9.04. The molecule has 0 amide bonds. The van der Waals surface area contributed by atoms with E-state index in [1.165, 1.54) is 6.92 Å². The maximum atomic E-state index is 11.1. The van der Waals surface area contributed by atoms with Gasteiger partial charge in [-0.15, -0.1) is 0 Å². The lowest BCUT2D eigenvalue weighted by molar-refractivity contribution is -0.146. The highest BCUT2D eigenvalue weighted by molar-refractivity contribution is 5.75. The van der Waals surface area contributed by atoms with Gasteiger partial charge in [0.1, 0.15) is 5.78 Å². The summed E-state index contributed by atoms with van der Waals surface area (Å²) in [5, 5.41) is 0. The van der Waals surface area contributed by atoms with Crippen molar-refractivity contribution in [3.05, 3.63) is 0 Å². The van der Waals surface area contributed by atoms with Crippen LogP contribution in [0.15, 0.2) is 0 Å². The van der Waals surface area contributed by atoms with Crippen molar-refractivity contribution in [2.45, 2.75) is 39.2 Å². The maximum Gasteiger partial charge on any atom is 0.308 e. The maximum absolute atomic E-state index is 11.1. The van der Waals surface area contributed by atoms with Crippen LogP contribution in [0, 0.1) is 0 Å². The van der Waals surface area contributed by atoms with Crippen molar-refractivity contribution in [2.24, 2.45) is 0 Å². The molecule has 14 heavy (non-hydrogen) atoms. The molecule has 0 fully saturated rings. The fraction of sp³-hybridized carbons (Fsp3) is 0.800. The third kappa shape index (κ3) is 7.73. The van der Waals surface area contributed by atoms with Gasteiger partial charge in [0.2, 0.25) is 0 Å². The molecule has 82 valence electrons. The van der Waals surface area contributed by atoms with Gasteiger partial charge in [0.05, 0.1) is 19.1 Å². The first-order valence-corrected chi connectivity index (χ1v) is 4.74. The van der Waals surface area contributed by atoms with E-state index in [1.54, 1.807) is 14.0 Å². The van der Waals surface area contributed by atoms with Gasteiger partial charge in [-0.05, 0) is 20.3 Å². The van der Waals surface area contributed by atoms with Gasteiger partial charge in [0.25, 0.3) is 0 Å². The van der Waals surface area contributed by atoms with Crippen LogP contribution in [0.25, 0.3) is 0 Å².